The summed E-state index contributed by atoms with van der Waals surface area (Å²) >= 11 is 0. The molecule has 6 nitrogen and oxygen atoms in total. The minimum absolute atomic E-state index is 0.0438. The molecule has 0 amide bonds. The van der Waals surface area contributed by atoms with Crippen LogP contribution in [0.3, 0.4) is 0 Å². The highest BCUT2D eigenvalue weighted by Gasteiger charge is 2.57. The third-order valence-corrected chi connectivity index (χ3v) is 10.8. The standard InChI is InChI=1S/C36H54N2O4/c1-28(14-16-31-29(2)15-17-32-35(31,3)19-10-20-36(32,4)34(40)41-5)18-26-42-33(39)27-38-24-22-37(23-25-38)21-9-13-30-11-7-6-8-12-30/h6-9,11-13,28,31-32H,2,10,14-27H2,1,3-5H3/b13-9+/t28-,31-,32+,35+,36-/m0/s1. The van der Waals surface area contributed by atoms with Gasteiger partial charge < -0.3 is 9.47 Å². The summed E-state index contributed by atoms with van der Waals surface area (Å²) in [5.74, 6) is 1.08. The number of benzene rings is 1. The largest absolute Gasteiger partial charge is 0.469 e. The van der Waals surface area contributed by atoms with Crippen molar-refractivity contribution in [1.29, 1.82) is 0 Å². The quantitative estimate of drug-likeness (QED) is 0.205. The Bertz CT molecular complexity index is 1080. The number of nitrogens with zero attached hydrogens (tertiary/aromatic N) is 2. The van der Waals surface area contributed by atoms with Gasteiger partial charge in [-0.1, -0.05) is 74.9 Å². The van der Waals surface area contributed by atoms with Gasteiger partial charge in [0, 0.05) is 32.7 Å². The monoisotopic (exact) mass is 578 g/mol. The molecule has 1 heterocycles. The van der Waals surface area contributed by atoms with E-state index < -0.39 is 5.41 Å². The first-order valence-electron chi connectivity index (χ1n) is 16.2. The van der Waals surface area contributed by atoms with Crippen molar-refractivity contribution in [3.63, 3.8) is 0 Å². The van der Waals surface area contributed by atoms with Gasteiger partial charge >= 0.3 is 11.9 Å². The van der Waals surface area contributed by atoms with Crippen LogP contribution >= 0.6 is 0 Å². The van der Waals surface area contributed by atoms with Gasteiger partial charge in [-0.15, -0.1) is 0 Å². The second kappa shape index (κ2) is 14.8. The third-order valence-electron chi connectivity index (χ3n) is 10.8. The zero-order chi connectivity index (χ0) is 30.2. The molecule has 2 aliphatic carbocycles. The van der Waals surface area contributed by atoms with E-state index in [1.54, 1.807) is 0 Å². The zero-order valence-corrected chi connectivity index (χ0v) is 26.6. The number of hydrogen-bond donors (Lipinski definition) is 0. The SMILES string of the molecule is C=C1CC[C@@H]2[C@](C)(CCC[C@]2(C)C(=O)OC)[C@H]1CC[C@H](C)CCOC(=O)CN1CCN(C/C=C/c2ccccc2)CC1. The number of piperazine rings is 1. The molecule has 0 spiro atoms. The molecule has 0 aromatic heterocycles. The number of carbonyl (C=O) groups excluding carboxylic acids is 2. The molecule has 42 heavy (non-hydrogen) atoms. The zero-order valence-electron chi connectivity index (χ0n) is 26.6. The van der Waals surface area contributed by atoms with E-state index in [0.29, 0.717) is 30.9 Å². The number of ether oxygens (including phenoxy) is 2. The number of hydrogen-bond acceptors (Lipinski definition) is 6. The second-order valence-corrected chi connectivity index (χ2v) is 13.7. The molecule has 4 rings (SSSR count). The highest BCUT2D eigenvalue weighted by molar-refractivity contribution is 5.77. The fraction of sp³-hybridized carbons (Fsp3) is 0.667. The van der Waals surface area contributed by atoms with Gasteiger partial charge in [-0.05, 0) is 80.6 Å². The van der Waals surface area contributed by atoms with Crippen LogP contribution in [-0.2, 0) is 19.1 Å². The van der Waals surface area contributed by atoms with Gasteiger partial charge in [-0.25, -0.2) is 0 Å². The summed E-state index contributed by atoms with van der Waals surface area (Å²) in [6.45, 7) is 16.8. The Morgan fingerprint density at radius 1 is 1.07 bits per heavy atom. The first-order valence-corrected chi connectivity index (χ1v) is 16.2. The molecule has 1 aromatic rings. The van der Waals surface area contributed by atoms with Crippen LogP contribution in [0.25, 0.3) is 6.08 Å². The Morgan fingerprint density at radius 2 is 1.79 bits per heavy atom. The van der Waals surface area contributed by atoms with Crippen molar-refractivity contribution in [1.82, 2.24) is 9.80 Å². The van der Waals surface area contributed by atoms with Gasteiger partial charge in [-0.2, -0.15) is 0 Å². The Morgan fingerprint density at radius 3 is 2.50 bits per heavy atom. The number of fused-ring (bicyclic) bond motifs is 1. The van der Waals surface area contributed by atoms with Crippen molar-refractivity contribution in [3.8, 4) is 0 Å². The third kappa shape index (κ3) is 7.93. The molecule has 0 unspecified atom stereocenters. The molecule has 6 heteroatoms. The minimum atomic E-state index is -0.396. The van der Waals surface area contributed by atoms with Gasteiger partial charge in [0.2, 0.25) is 0 Å². The maximum absolute atomic E-state index is 12.8. The molecule has 1 aromatic carbocycles. The normalized spacial score (nSPS) is 29.7. The lowest BCUT2D eigenvalue weighted by Crippen LogP contribution is -2.53. The summed E-state index contributed by atoms with van der Waals surface area (Å²) in [5, 5.41) is 0. The van der Waals surface area contributed by atoms with Crippen LogP contribution in [-0.4, -0.2) is 74.7 Å². The van der Waals surface area contributed by atoms with E-state index in [9.17, 15) is 9.59 Å². The minimum Gasteiger partial charge on any atom is -0.469 e. The molecule has 0 bridgehead atoms. The average Bonchev–Trinajstić information content (AvgIpc) is 2.97. The Balaban J connectivity index is 1.14. The molecule has 3 aliphatic rings. The van der Waals surface area contributed by atoms with Gasteiger partial charge in [0.1, 0.15) is 0 Å². The van der Waals surface area contributed by atoms with Crippen molar-refractivity contribution in [2.24, 2.45) is 28.6 Å². The van der Waals surface area contributed by atoms with Crippen LogP contribution < -0.4 is 0 Å². The molecule has 0 N–H and O–H groups in total. The van der Waals surface area contributed by atoms with E-state index in [2.05, 4.69) is 73.6 Å². The van der Waals surface area contributed by atoms with Gasteiger partial charge in [-0.3, -0.25) is 19.4 Å². The van der Waals surface area contributed by atoms with Crippen molar-refractivity contribution >= 4 is 18.0 Å². The Hall–Kier alpha value is -2.44. The molecule has 232 valence electrons. The summed E-state index contributed by atoms with van der Waals surface area (Å²) in [4.78, 5) is 30.0. The molecular weight excluding hydrogens is 524 g/mol. The summed E-state index contributed by atoms with van der Waals surface area (Å²) in [6, 6.07) is 10.4. The first-order chi connectivity index (χ1) is 20.2. The maximum Gasteiger partial charge on any atom is 0.320 e. The number of allylic oxidation sites excluding steroid dienone is 1. The smallest absolute Gasteiger partial charge is 0.320 e. The second-order valence-electron chi connectivity index (χ2n) is 13.7. The van der Waals surface area contributed by atoms with Crippen LogP contribution in [0.4, 0.5) is 0 Å². The lowest BCUT2D eigenvalue weighted by atomic mass is 9.46. The lowest BCUT2D eigenvalue weighted by Gasteiger charge is -2.57. The van der Waals surface area contributed by atoms with Crippen molar-refractivity contribution in [2.75, 3.05) is 53.0 Å². The fourth-order valence-corrected chi connectivity index (χ4v) is 8.19. The van der Waals surface area contributed by atoms with E-state index in [-0.39, 0.29) is 17.4 Å². The predicted molar refractivity (Wildman–Crippen MR) is 170 cm³/mol. The van der Waals surface area contributed by atoms with E-state index in [0.717, 1.165) is 84.1 Å². The highest BCUT2D eigenvalue weighted by atomic mass is 16.5. The van der Waals surface area contributed by atoms with Crippen molar-refractivity contribution < 1.29 is 19.1 Å². The Labute approximate surface area is 254 Å². The molecule has 1 aliphatic heterocycles. The van der Waals surface area contributed by atoms with Crippen LogP contribution in [0.2, 0.25) is 0 Å². The number of carbonyl (C=O) groups is 2. The summed E-state index contributed by atoms with van der Waals surface area (Å²) < 4.78 is 10.9. The topological polar surface area (TPSA) is 59.1 Å². The number of rotatable bonds is 12. The fourth-order valence-electron chi connectivity index (χ4n) is 8.19. The molecular formula is C36H54N2O4. The summed E-state index contributed by atoms with van der Waals surface area (Å²) in [5.41, 5.74) is 2.27. The maximum atomic E-state index is 12.8. The van der Waals surface area contributed by atoms with Crippen molar-refractivity contribution in [3.05, 3.63) is 54.1 Å². The number of methoxy groups -OCH3 is 1. The van der Waals surface area contributed by atoms with Gasteiger partial charge in [0.15, 0.2) is 0 Å². The number of esters is 2. The molecule has 3 fully saturated rings. The molecule has 0 radical (unpaired) electrons. The van der Waals surface area contributed by atoms with E-state index in [4.69, 9.17) is 9.47 Å². The van der Waals surface area contributed by atoms with Crippen molar-refractivity contribution in [2.45, 2.75) is 72.1 Å². The van der Waals surface area contributed by atoms with E-state index in [1.165, 1.54) is 18.2 Å². The van der Waals surface area contributed by atoms with Gasteiger partial charge in [0.25, 0.3) is 0 Å². The summed E-state index contributed by atoms with van der Waals surface area (Å²) in [6.07, 6.45) is 12.6. The van der Waals surface area contributed by atoms with E-state index >= 15 is 0 Å². The molecule has 1 saturated heterocycles. The first kappa shape index (κ1) is 32.5. The molecule has 2 saturated carbocycles. The predicted octanol–water partition coefficient (Wildman–Crippen LogP) is 6.62. The van der Waals surface area contributed by atoms with Crippen LogP contribution in [0, 0.1) is 28.6 Å². The van der Waals surface area contributed by atoms with Crippen LogP contribution in [0.1, 0.15) is 77.7 Å². The van der Waals surface area contributed by atoms with Gasteiger partial charge in [0.05, 0.1) is 25.7 Å². The average molecular weight is 579 g/mol. The highest BCUT2D eigenvalue weighted by Crippen LogP contribution is 2.62. The van der Waals surface area contributed by atoms with E-state index in [1.807, 2.05) is 6.07 Å². The summed E-state index contributed by atoms with van der Waals surface area (Å²) in [7, 11) is 1.53. The van der Waals surface area contributed by atoms with Crippen LogP contribution in [0.15, 0.2) is 48.6 Å². The Kier molecular flexibility index (Phi) is 11.5. The molecule has 5 atom stereocenters. The lowest BCUT2D eigenvalue weighted by molar-refractivity contribution is -0.168. The van der Waals surface area contributed by atoms with Crippen LogP contribution in [0.5, 0.6) is 0 Å².